The molecule has 7 nitrogen and oxygen atoms in total. The van der Waals surface area contributed by atoms with E-state index in [0.717, 1.165) is 11.1 Å². The zero-order valence-electron chi connectivity index (χ0n) is 18.3. The highest BCUT2D eigenvalue weighted by Crippen LogP contribution is 2.33. The van der Waals surface area contributed by atoms with Gasteiger partial charge >= 0.3 is 0 Å². The van der Waals surface area contributed by atoms with Crippen LogP contribution in [0.1, 0.15) is 27.7 Å². The third kappa shape index (κ3) is 4.27. The minimum absolute atomic E-state index is 0.0662. The Hall–Kier alpha value is -3.32. The van der Waals surface area contributed by atoms with E-state index in [2.05, 4.69) is 36.3 Å². The fraction of sp³-hybridized carbons (Fsp3) is 0.333. The lowest BCUT2D eigenvalue weighted by molar-refractivity contribution is -0.0231. The lowest BCUT2D eigenvalue weighted by Crippen LogP contribution is -2.42. The van der Waals surface area contributed by atoms with E-state index in [9.17, 15) is 4.79 Å². The zero-order chi connectivity index (χ0) is 22.0. The van der Waals surface area contributed by atoms with Crippen LogP contribution in [-0.2, 0) is 11.8 Å². The molecule has 4 rings (SSSR count). The number of morpholine rings is 1. The van der Waals surface area contributed by atoms with E-state index in [1.54, 1.807) is 32.0 Å². The van der Waals surface area contributed by atoms with Crippen LogP contribution in [0.4, 0.5) is 0 Å². The molecule has 1 aromatic heterocycles. The van der Waals surface area contributed by atoms with Crippen LogP contribution in [0.2, 0.25) is 0 Å². The van der Waals surface area contributed by atoms with Crippen LogP contribution < -0.4 is 9.47 Å². The maximum atomic E-state index is 13.3. The monoisotopic (exact) mass is 421 g/mol. The van der Waals surface area contributed by atoms with Gasteiger partial charge in [0.1, 0.15) is 23.3 Å². The summed E-state index contributed by atoms with van der Waals surface area (Å²) in [6.45, 7) is 3.60. The van der Waals surface area contributed by atoms with Gasteiger partial charge in [-0.1, -0.05) is 29.8 Å². The van der Waals surface area contributed by atoms with Gasteiger partial charge in [-0.3, -0.25) is 9.48 Å². The topological polar surface area (TPSA) is 65.8 Å². The predicted octanol–water partition coefficient (Wildman–Crippen LogP) is 3.63. The van der Waals surface area contributed by atoms with Crippen molar-refractivity contribution in [3.63, 3.8) is 0 Å². The summed E-state index contributed by atoms with van der Waals surface area (Å²) in [6.07, 6.45) is -0.135. The highest BCUT2D eigenvalue weighted by molar-refractivity contribution is 5.94. The Morgan fingerprint density at radius 1 is 1.10 bits per heavy atom. The molecule has 2 aromatic carbocycles. The Balaban J connectivity index is 1.58. The molecule has 1 saturated heterocycles. The second-order valence-electron chi connectivity index (χ2n) is 7.63. The summed E-state index contributed by atoms with van der Waals surface area (Å²) in [5, 5.41) is 4.57. The van der Waals surface area contributed by atoms with Crippen LogP contribution in [-0.4, -0.2) is 54.5 Å². The van der Waals surface area contributed by atoms with Crippen LogP contribution in [0, 0.1) is 6.92 Å². The molecule has 7 heteroatoms. The molecule has 2 heterocycles. The highest BCUT2D eigenvalue weighted by atomic mass is 16.5. The molecule has 0 aliphatic carbocycles. The van der Waals surface area contributed by atoms with Crippen molar-refractivity contribution in [3.8, 4) is 22.8 Å². The lowest BCUT2D eigenvalue weighted by atomic mass is 10.1. The number of amides is 1. The van der Waals surface area contributed by atoms with E-state index >= 15 is 0 Å². The number of nitrogens with zero attached hydrogens (tertiary/aromatic N) is 3. The van der Waals surface area contributed by atoms with Gasteiger partial charge in [0.2, 0.25) is 0 Å². The summed E-state index contributed by atoms with van der Waals surface area (Å²) in [7, 11) is 5.00. The van der Waals surface area contributed by atoms with Gasteiger partial charge in [0.25, 0.3) is 5.91 Å². The van der Waals surface area contributed by atoms with Gasteiger partial charge in [0.15, 0.2) is 0 Å². The van der Waals surface area contributed by atoms with Crippen molar-refractivity contribution in [1.82, 2.24) is 14.7 Å². The fourth-order valence-electron chi connectivity index (χ4n) is 3.79. The summed E-state index contributed by atoms with van der Waals surface area (Å²) < 4.78 is 18.4. The molecular weight excluding hydrogens is 394 g/mol. The first-order valence-corrected chi connectivity index (χ1v) is 10.2. The van der Waals surface area contributed by atoms with Crippen molar-refractivity contribution >= 4 is 5.91 Å². The third-order valence-corrected chi connectivity index (χ3v) is 5.58. The fourth-order valence-corrected chi connectivity index (χ4v) is 3.79. The van der Waals surface area contributed by atoms with E-state index in [1.165, 1.54) is 5.56 Å². The van der Waals surface area contributed by atoms with Gasteiger partial charge < -0.3 is 19.1 Å². The summed E-state index contributed by atoms with van der Waals surface area (Å²) in [5.74, 6) is 1.30. The van der Waals surface area contributed by atoms with Crippen molar-refractivity contribution in [2.75, 3.05) is 33.9 Å². The number of rotatable bonds is 5. The first-order chi connectivity index (χ1) is 15.0. The Morgan fingerprint density at radius 3 is 2.58 bits per heavy atom. The first kappa shape index (κ1) is 20.9. The molecule has 31 heavy (non-hydrogen) atoms. The minimum Gasteiger partial charge on any atom is -0.497 e. The van der Waals surface area contributed by atoms with Crippen molar-refractivity contribution in [2.24, 2.45) is 7.05 Å². The normalized spacial score (nSPS) is 16.3. The van der Waals surface area contributed by atoms with E-state index in [0.29, 0.717) is 42.6 Å². The third-order valence-electron chi connectivity index (χ3n) is 5.58. The molecule has 1 fully saturated rings. The van der Waals surface area contributed by atoms with Gasteiger partial charge in [-0.2, -0.15) is 5.10 Å². The number of benzene rings is 2. The maximum Gasteiger partial charge on any atom is 0.272 e. The average Bonchev–Trinajstić information content (AvgIpc) is 3.20. The van der Waals surface area contributed by atoms with Gasteiger partial charge in [-0.05, 0) is 36.8 Å². The van der Waals surface area contributed by atoms with Crippen molar-refractivity contribution in [1.29, 1.82) is 0 Å². The van der Waals surface area contributed by atoms with Gasteiger partial charge in [-0.15, -0.1) is 0 Å². The summed E-state index contributed by atoms with van der Waals surface area (Å²) in [5.41, 5.74) is 4.23. The summed E-state index contributed by atoms with van der Waals surface area (Å²) in [4.78, 5) is 15.2. The number of hydrogen-bond donors (Lipinski definition) is 0. The van der Waals surface area contributed by atoms with Crippen LogP contribution in [0.5, 0.6) is 11.5 Å². The molecule has 1 amide bonds. The zero-order valence-corrected chi connectivity index (χ0v) is 18.3. The van der Waals surface area contributed by atoms with E-state index in [1.807, 2.05) is 23.1 Å². The lowest BCUT2D eigenvalue weighted by Gasteiger charge is -2.33. The van der Waals surface area contributed by atoms with Crippen LogP contribution in [0.3, 0.4) is 0 Å². The molecule has 0 saturated carbocycles. The Kier molecular flexibility index (Phi) is 5.95. The molecule has 1 atom stereocenters. The predicted molar refractivity (Wildman–Crippen MR) is 118 cm³/mol. The van der Waals surface area contributed by atoms with Crippen molar-refractivity contribution in [3.05, 3.63) is 65.4 Å². The molecule has 1 aliphatic rings. The molecular formula is C24H27N3O4. The van der Waals surface area contributed by atoms with E-state index in [-0.39, 0.29) is 12.0 Å². The Morgan fingerprint density at radius 2 is 1.87 bits per heavy atom. The largest absolute Gasteiger partial charge is 0.497 e. The smallest absolute Gasteiger partial charge is 0.272 e. The van der Waals surface area contributed by atoms with Crippen LogP contribution >= 0.6 is 0 Å². The van der Waals surface area contributed by atoms with Gasteiger partial charge in [0, 0.05) is 19.2 Å². The quantitative estimate of drug-likeness (QED) is 0.630. The molecule has 1 aliphatic heterocycles. The molecule has 3 aromatic rings. The highest BCUT2D eigenvalue weighted by Gasteiger charge is 2.28. The SMILES string of the molecule is COc1ccc(OC)c(-c2cc(C(=O)N3CCOC(c4ccc(C)cc4)C3)n(C)n2)c1. The number of methoxy groups -OCH3 is 2. The van der Waals surface area contributed by atoms with Gasteiger partial charge in [0.05, 0.1) is 33.1 Å². The molecule has 0 N–H and O–H groups in total. The molecule has 0 radical (unpaired) electrons. The van der Waals surface area contributed by atoms with E-state index in [4.69, 9.17) is 14.2 Å². The number of carbonyl (C=O) groups is 1. The van der Waals surface area contributed by atoms with Crippen LogP contribution in [0.15, 0.2) is 48.5 Å². The van der Waals surface area contributed by atoms with Crippen LogP contribution in [0.25, 0.3) is 11.3 Å². The number of carbonyl (C=O) groups excluding carboxylic acids is 1. The molecule has 0 spiro atoms. The Labute approximate surface area is 182 Å². The maximum absolute atomic E-state index is 13.3. The number of hydrogen-bond acceptors (Lipinski definition) is 5. The first-order valence-electron chi connectivity index (χ1n) is 10.2. The molecule has 162 valence electrons. The standard InChI is InChI=1S/C24H27N3O4/c1-16-5-7-17(8-6-16)23-15-27(11-12-31-23)24(28)21-14-20(25-26(21)2)19-13-18(29-3)9-10-22(19)30-4/h5-10,13-14,23H,11-12,15H2,1-4H3. The summed E-state index contributed by atoms with van der Waals surface area (Å²) >= 11 is 0. The molecule has 0 bridgehead atoms. The number of aryl methyl sites for hydroxylation is 2. The van der Waals surface area contributed by atoms with Gasteiger partial charge in [-0.25, -0.2) is 0 Å². The number of aromatic nitrogens is 2. The average molecular weight is 421 g/mol. The number of ether oxygens (including phenoxy) is 3. The van der Waals surface area contributed by atoms with Crippen molar-refractivity contribution in [2.45, 2.75) is 13.0 Å². The summed E-state index contributed by atoms with van der Waals surface area (Å²) in [6, 6.07) is 15.6. The Bertz CT molecular complexity index is 1070. The molecule has 1 unspecified atom stereocenters. The van der Waals surface area contributed by atoms with E-state index < -0.39 is 0 Å². The second kappa shape index (κ2) is 8.81. The van der Waals surface area contributed by atoms with Crippen molar-refractivity contribution < 1.29 is 19.0 Å². The second-order valence-corrected chi connectivity index (χ2v) is 7.63. The minimum atomic E-state index is -0.135.